The lowest BCUT2D eigenvalue weighted by Gasteiger charge is -2.13. The van der Waals surface area contributed by atoms with Gasteiger partial charge in [0, 0.05) is 7.11 Å². The molecule has 1 aromatic heterocycles. The van der Waals surface area contributed by atoms with E-state index < -0.39 is 5.54 Å². The molecule has 0 saturated carbocycles. The first kappa shape index (κ1) is 10.6. The summed E-state index contributed by atoms with van der Waals surface area (Å²) in [6.45, 7) is 5.73. The quantitative estimate of drug-likeness (QED) is 0.803. The van der Waals surface area contributed by atoms with Gasteiger partial charge in [-0.1, -0.05) is 0 Å². The van der Waals surface area contributed by atoms with Crippen LogP contribution in [0.5, 0.6) is 0 Å². The van der Waals surface area contributed by atoms with Crippen LogP contribution in [-0.2, 0) is 10.3 Å². The lowest BCUT2D eigenvalue weighted by Crippen LogP contribution is -2.28. The number of nitrogens with two attached hydrogens (primary N) is 1. The van der Waals surface area contributed by atoms with E-state index in [0.29, 0.717) is 5.82 Å². The second kappa shape index (κ2) is 3.69. The molecule has 0 fully saturated rings. The second-order valence-electron chi connectivity index (χ2n) is 3.56. The summed E-state index contributed by atoms with van der Waals surface area (Å²) in [6, 6.07) is 0. The Bertz CT molecular complexity index is 279. The third-order valence-electron chi connectivity index (χ3n) is 1.71. The molecule has 2 N–H and O–H groups in total. The van der Waals surface area contributed by atoms with Crippen molar-refractivity contribution in [3.8, 4) is 0 Å². The van der Waals surface area contributed by atoms with E-state index in [-0.39, 0.29) is 6.10 Å². The Morgan fingerprint density at radius 1 is 1.54 bits per heavy atom. The van der Waals surface area contributed by atoms with Gasteiger partial charge in [0.2, 0.25) is 0 Å². The van der Waals surface area contributed by atoms with E-state index >= 15 is 0 Å². The van der Waals surface area contributed by atoms with Crippen molar-refractivity contribution in [3.05, 3.63) is 10.8 Å². The second-order valence-corrected chi connectivity index (χ2v) is 4.31. The Morgan fingerprint density at radius 2 is 2.15 bits per heavy atom. The fourth-order valence-corrected chi connectivity index (χ4v) is 1.51. The number of hydrogen-bond acceptors (Lipinski definition) is 5. The molecule has 1 heterocycles. The molecule has 1 atom stereocenters. The van der Waals surface area contributed by atoms with Gasteiger partial charge >= 0.3 is 0 Å². The minimum atomic E-state index is -0.413. The zero-order chi connectivity index (χ0) is 10.1. The number of nitrogens with zero attached hydrogens (tertiary/aromatic N) is 2. The highest BCUT2D eigenvalue weighted by Gasteiger charge is 2.21. The molecule has 0 amide bonds. The van der Waals surface area contributed by atoms with Crippen molar-refractivity contribution in [3.63, 3.8) is 0 Å². The highest BCUT2D eigenvalue weighted by Crippen LogP contribution is 2.22. The smallest absolute Gasteiger partial charge is 0.171 e. The van der Waals surface area contributed by atoms with Crippen LogP contribution in [0, 0.1) is 0 Å². The maximum Gasteiger partial charge on any atom is 0.171 e. The number of methoxy groups -OCH3 is 1. The summed E-state index contributed by atoms with van der Waals surface area (Å²) in [7, 11) is 1.64. The van der Waals surface area contributed by atoms with Crippen LogP contribution in [0.4, 0.5) is 0 Å². The van der Waals surface area contributed by atoms with Gasteiger partial charge in [-0.3, -0.25) is 0 Å². The van der Waals surface area contributed by atoms with Crippen molar-refractivity contribution >= 4 is 11.5 Å². The van der Waals surface area contributed by atoms with E-state index in [1.807, 2.05) is 20.8 Å². The van der Waals surface area contributed by atoms with E-state index in [9.17, 15) is 0 Å². The summed E-state index contributed by atoms with van der Waals surface area (Å²) in [5, 5.41) is 0.839. The number of aromatic nitrogens is 2. The zero-order valence-electron chi connectivity index (χ0n) is 8.37. The van der Waals surface area contributed by atoms with Crippen molar-refractivity contribution in [1.82, 2.24) is 9.36 Å². The zero-order valence-corrected chi connectivity index (χ0v) is 9.18. The van der Waals surface area contributed by atoms with Crippen molar-refractivity contribution < 1.29 is 4.74 Å². The first-order chi connectivity index (χ1) is 5.95. The predicted molar refractivity (Wildman–Crippen MR) is 52.5 cm³/mol. The molecule has 4 nitrogen and oxygen atoms in total. The van der Waals surface area contributed by atoms with Crippen molar-refractivity contribution in [1.29, 1.82) is 0 Å². The Labute approximate surface area is 82.3 Å². The SMILES string of the molecule is COC(C)c1nsc(C(C)(C)N)n1. The third-order valence-corrected chi connectivity index (χ3v) is 2.78. The summed E-state index contributed by atoms with van der Waals surface area (Å²) >= 11 is 1.33. The molecule has 0 radical (unpaired) electrons. The van der Waals surface area contributed by atoms with Crippen LogP contribution in [0.2, 0.25) is 0 Å². The molecule has 0 aliphatic carbocycles. The number of rotatable bonds is 3. The lowest BCUT2D eigenvalue weighted by atomic mass is 10.1. The lowest BCUT2D eigenvalue weighted by molar-refractivity contribution is 0.113. The van der Waals surface area contributed by atoms with Gasteiger partial charge in [0.1, 0.15) is 11.1 Å². The standard InChI is InChI=1S/C8H15N3OS/c1-5(12-4)6-10-7(13-11-6)8(2,3)9/h5H,9H2,1-4H3. The minimum Gasteiger partial charge on any atom is -0.374 e. The molecule has 0 saturated heterocycles. The van der Waals surface area contributed by atoms with Gasteiger partial charge in [0.05, 0.1) is 5.54 Å². The molecular weight excluding hydrogens is 186 g/mol. The van der Waals surface area contributed by atoms with Crippen LogP contribution in [0.25, 0.3) is 0 Å². The van der Waals surface area contributed by atoms with Gasteiger partial charge in [-0.05, 0) is 32.3 Å². The molecule has 1 rings (SSSR count). The van der Waals surface area contributed by atoms with Crippen LogP contribution < -0.4 is 5.73 Å². The van der Waals surface area contributed by atoms with E-state index in [1.165, 1.54) is 11.5 Å². The number of ether oxygens (including phenoxy) is 1. The normalized spacial score (nSPS) is 14.5. The van der Waals surface area contributed by atoms with Gasteiger partial charge in [-0.15, -0.1) is 0 Å². The molecular formula is C8H15N3OS. The van der Waals surface area contributed by atoms with Crippen molar-refractivity contribution in [2.75, 3.05) is 7.11 Å². The van der Waals surface area contributed by atoms with Gasteiger partial charge < -0.3 is 10.5 Å². The van der Waals surface area contributed by atoms with E-state index in [2.05, 4.69) is 9.36 Å². The molecule has 1 unspecified atom stereocenters. The maximum atomic E-state index is 5.88. The highest BCUT2D eigenvalue weighted by atomic mass is 32.1. The minimum absolute atomic E-state index is 0.0626. The molecule has 0 aliphatic heterocycles. The van der Waals surface area contributed by atoms with Crippen LogP contribution in [0.1, 0.15) is 37.7 Å². The largest absolute Gasteiger partial charge is 0.374 e. The predicted octanol–water partition coefficient (Wildman–Crippen LogP) is 1.44. The van der Waals surface area contributed by atoms with Gasteiger partial charge in [0.25, 0.3) is 0 Å². The van der Waals surface area contributed by atoms with Crippen molar-refractivity contribution in [2.24, 2.45) is 5.73 Å². The summed E-state index contributed by atoms with van der Waals surface area (Å²) in [4.78, 5) is 4.31. The molecule has 74 valence electrons. The average molecular weight is 201 g/mol. The van der Waals surface area contributed by atoms with Crippen LogP contribution in [0.15, 0.2) is 0 Å². The van der Waals surface area contributed by atoms with Crippen LogP contribution in [-0.4, -0.2) is 16.5 Å². The molecule has 0 spiro atoms. The summed E-state index contributed by atoms with van der Waals surface area (Å²) < 4.78 is 9.28. The first-order valence-corrected chi connectivity index (χ1v) is 4.88. The fraction of sp³-hybridized carbons (Fsp3) is 0.750. The first-order valence-electron chi connectivity index (χ1n) is 4.11. The Kier molecular flexibility index (Phi) is 3.00. The highest BCUT2D eigenvalue weighted by molar-refractivity contribution is 7.05. The third kappa shape index (κ3) is 2.46. The average Bonchev–Trinajstić information content (AvgIpc) is 2.50. The Morgan fingerprint density at radius 3 is 2.54 bits per heavy atom. The van der Waals surface area contributed by atoms with E-state index in [4.69, 9.17) is 10.5 Å². The van der Waals surface area contributed by atoms with Gasteiger partial charge in [0.15, 0.2) is 5.82 Å². The maximum absolute atomic E-state index is 5.88. The van der Waals surface area contributed by atoms with Crippen LogP contribution >= 0.6 is 11.5 Å². The van der Waals surface area contributed by atoms with E-state index in [0.717, 1.165) is 5.01 Å². The number of hydrogen-bond donors (Lipinski definition) is 1. The van der Waals surface area contributed by atoms with Crippen LogP contribution in [0.3, 0.4) is 0 Å². The fourth-order valence-electron chi connectivity index (χ4n) is 0.767. The molecule has 13 heavy (non-hydrogen) atoms. The molecule has 1 aromatic rings. The molecule has 0 aliphatic rings. The Hall–Kier alpha value is -0.520. The van der Waals surface area contributed by atoms with Gasteiger partial charge in [-0.25, -0.2) is 4.98 Å². The molecule has 0 aromatic carbocycles. The summed E-state index contributed by atoms with van der Waals surface area (Å²) in [6.07, 6.45) is -0.0626. The molecule has 5 heteroatoms. The Balaban J connectivity index is 2.87. The van der Waals surface area contributed by atoms with Crippen molar-refractivity contribution in [2.45, 2.75) is 32.4 Å². The summed E-state index contributed by atoms with van der Waals surface area (Å²) in [5.74, 6) is 0.709. The van der Waals surface area contributed by atoms with Gasteiger partial charge in [-0.2, -0.15) is 4.37 Å². The molecule has 0 bridgehead atoms. The topological polar surface area (TPSA) is 61.0 Å². The van der Waals surface area contributed by atoms with E-state index in [1.54, 1.807) is 7.11 Å². The summed E-state index contributed by atoms with van der Waals surface area (Å²) in [5.41, 5.74) is 5.47. The monoisotopic (exact) mass is 201 g/mol.